The van der Waals surface area contributed by atoms with Crippen molar-refractivity contribution in [1.29, 1.82) is 0 Å². The fourth-order valence-corrected chi connectivity index (χ4v) is 4.44. The van der Waals surface area contributed by atoms with Gasteiger partial charge >= 0.3 is 5.97 Å². The number of benzene rings is 1. The number of likely N-dealkylation sites (tertiary alicyclic amines) is 1. The average Bonchev–Trinajstić information content (AvgIpc) is 3.28. The number of hydrogen-bond acceptors (Lipinski definition) is 6. The van der Waals surface area contributed by atoms with Crippen molar-refractivity contribution in [3.05, 3.63) is 52.7 Å². The van der Waals surface area contributed by atoms with Crippen LogP contribution in [0.4, 0.5) is 0 Å². The van der Waals surface area contributed by atoms with Crippen molar-refractivity contribution in [3.8, 4) is 0 Å². The van der Waals surface area contributed by atoms with Crippen LogP contribution in [0.3, 0.4) is 0 Å². The molecule has 186 valence electrons. The number of esters is 1. The van der Waals surface area contributed by atoms with Gasteiger partial charge in [-0.05, 0) is 57.6 Å². The minimum atomic E-state index is -0.274. The fourth-order valence-electron chi connectivity index (χ4n) is 4.44. The summed E-state index contributed by atoms with van der Waals surface area (Å²) in [5.41, 5.74) is 4.09. The zero-order chi connectivity index (χ0) is 24.8. The number of nitrogens with zero attached hydrogens (tertiary/aromatic N) is 3. The molecule has 1 fully saturated rings. The van der Waals surface area contributed by atoms with E-state index in [-0.39, 0.29) is 17.8 Å². The molecule has 1 aromatic heterocycles. The molecule has 3 rings (SSSR count). The van der Waals surface area contributed by atoms with E-state index in [4.69, 9.17) is 9.15 Å². The lowest BCUT2D eigenvalue weighted by atomic mass is 9.98. The van der Waals surface area contributed by atoms with Gasteiger partial charge in [0, 0.05) is 25.7 Å². The number of hydrogen-bond donors (Lipinski definition) is 0. The van der Waals surface area contributed by atoms with Crippen LogP contribution in [0.5, 0.6) is 0 Å². The van der Waals surface area contributed by atoms with Gasteiger partial charge in [0.25, 0.3) is 5.91 Å². The van der Waals surface area contributed by atoms with E-state index in [9.17, 15) is 9.59 Å². The van der Waals surface area contributed by atoms with E-state index in [0.717, 1.165) is 19.4 Å². The van der Waals surface area contributed by atoms with E-state index >= 15 is 0 Å². The van der Waals surface area contributed by atoms with Crippen molar-refractivity contribution in [2.75, 3.05) is 19.7 Å². The summed E-state index contributed by atoms with van der Waals surface area (Å²) >= 11 is 0. The molecule has 0 unspecified atom stereocenters. The van der Waals surface area contributed by atoms with Gasteiger partial charge in [-0.1, -0.05) is 37.6 Å². The first-order valence-corrected chi connectivity index (χ1v) is 12.4. The third-order valence-electron chi connectivity index (χ3n) is 6.85. The summed E-state index contributed by atoms with van der Waals surface area (Å²) in [7, 11) is 0. The molecule has 0 bridgehead atoms. The number of aromatic nitrogens is 1. The number of carbonyl (C=O) groups is 2. The summed E-state index contributed by atoms with van der Waals surface area (Å²) in [4.78, 5) is 33.8. The van der Waals surface area contributed by atoms with Gasteiger partial charge in [-0.15, -0.1) is 0 Å². The highest BCUT2D eigenvalue weighted by Crippen LogP contribution is 2.22. The second-order valence-electron chi connectivity index (χ2n) is 9.79. The molecule has 2 aromatic rings. The Hall–Kier alpha value is -2.67. The van der Waals surface area contributed by atoms with Crippen molar-refractivity contribution in [1.82, 2.24) is 14.8 Å². The topological polar surface area (TPSA) is 75.9 Å². The maximum absolute atomic E-state index is 13.1. The summed E-state index contributed by atoms with van der Waals surface area (Å²) in [5, 5.41) is 0. The summed E-state index contributed by atoms with van der Waals surface area (Å²) in [5.74, 6) is 0.283. The molecule has 0 saturated carbocycles. The first-order chi connectivity index (χ1) is 16.2. The van der Waals surface area contributed by atoms with E-state index < -0.39 is 0 Å². The second kappa shape index (κ2) is 11.6. The fraction of sp³-hybridized carbons (Fsp3) is 0.593. The molecule has 0 N–H and O–H groups in total. The van der Waals surface area contributed by atoms with Gasteiger partial charge in [-0.25, -0.2) is 4.98 Å². The van der Waals surface area contributed by atoms with Gasteiger partial charge in [0.2, 0.25) is 5.89 Å². The Bertz CT molecular complexity index is 984. The molecule has 7 nitrogen and oxygen atoms in total. The van der Waals surface area contributed by atoms with Gasteiger partial charge in [-0.3, -0.25) is 14.5 Å². The molecule has 2 heterocycles. The largest absolute Gasteiger partial charge is 0.466 e. The molecular formula is C27H39N3O4. The third-order valence-corrected chi connectivity index (χ3v) is 6.85. The van der Waals surface area contributed by atoms with E-state index in [0.29, 0.717) is 49.8 Å². The highest BCUT2D eigenvalue weighted by Gasteiger charge is 2.31. The minimum absolute atomic E-state index is 0.193. The molecule has 2 atom stereocenters. The lowest BCUT2D eigenvalue weighted by molar-refractivity contribution is -0.149. The highest BCUT2D eigenvalue weighted by molar-refractivity contribution is 5.92. The van der Waals surface area contributed by atoms with Gasteiger partial charge < -0.3 is 14.1 Å². The summed E-state index contributed by atoms with van der Waals surface area (Å²) in [6, 6.07) is 6.84. The smallest absolute Gasteiger partial charge is 0.310 e. The van der Waals surface area contributed by atoms with Crippen LogP contribution in [-0.4, -0.2) is 52.4 Å². The van der Waals surface area contributed by atoms with Crippen molar-refractivity contribution in [2.24, 2.45) is 11.8 Å². The summed E-state index contributed by atoms with van der Waals surface area (Å²) in [6.45, 7) is 15.3. The van der Waals surface area contributed by atoms with Crippen LogP contribution in [0, 0.1) is 25.7 Å². The van der Waals surface area contributed by atoms with Crippen LogP contribution in [0.25, 0.3) is 0 Å². The molecule has 0 spiro atoms. The predicted octanol–water partition coefficient (Wildman–Crippen LogP) is 4.75. The van der Waals surface area contributed by atoms with Crippen LogP contribution >= 0.6 is 0 Å². The highest BCUT2D eigenvalue weighted by atomic mass is 16.5. The number of amides is 1. The van der Waals surface area contributed by atoms with Crippen molar-refractivity contribution < 1.29 is 18.7 Å². The van der Waals surface area contributed by atoms with Crippen molar-refractivity contribution >= 4 is 11.9 Å². The molecule has 1 aromatic carbocycles. The Morgan fingerprint density at radius 1 is 1.24 bits per heavy atom. The number of oxazole rings is 1. The normalized spacial score (nSPS) is 17.3. The van der Waals surface area contributed by atoms with Gasteiger partial charge in [0.15, 0.2) is 5.69 Å². The number of carbonyl (C=O) groups excluding carboxylic acids is 2. The molecular weight excluding hydrogens is 430 g/mol. The van der Waals surface area contributed by atoms with Crippen LogP contribution in [0.1, 0.15) is 73.6 Å². The Morgan fingerprint density at radius 2 is 2.00 bits per heavy atom. The van der Waals surface area contributed by atoms with Crippen LogP contribution < -0.4 is 0 Å². The maximum Gasteiger partial charge on any atom is 0.310 e. The molecule has 0 radical (unpaired) electrons. The lowest BCUT2D eigenvalue weighted by Gasteiger charge is -2.31. The molecule has 1 saturated heterocycles. The zero-order valence-corrected chi connectivity index (χ0v) is 21.5. The minimum Gasteiger partial charge on any atom is -0.466 e. The van der Waals surface area contributed by atoms with E-state index in [1.807, 2.05) is 0 Å². The van der Waals surface area contributed by atoms with Gasteiger partial charge in [0.05, 0.1) is 19.1 Å². The lowest BCUT2D eigenvalue weighted by Crippen LogP contribution is -2.43. The molecule has 1 aliphatic heterocycles. The Kier molecular flexibility index (Phi) is 8.89. The van der Waals surface area contributed by atoms with Crippen LogP contribution in [-0.2, 0) is 22.6 Å². The Balaban J connectivity index is 1.71. The number of aryl methyl sites for hydroxylation is 2. The number of rotatable bonds is 9. The van der Waals surface area contributed by atoms with Gasteiger partial charge in [-0.2, -0.15) is 0 Å². The predicted molar refractivity (Wildman–Crippen MR) is 131 cm³/mol. The standard InChI is InChI=1S/C27H39N3O4/c1-7-33-27(32)23-9-8-12-29(15-23)26(31)24-17-34-25(28-24)16-30(21(6)18(2)3)14-22-11-10-19(4)13-20(22)5/h10-11,13,17-18,21,23H,7-9,12,14-16H2,1-6H3/t21-,23+/m1/s1. The number of ether oxygens (including phenoxy) is 1. The first-order valence-electron chi connectivity index (χ1n) is 12.4. The summed E-state index contributed by atoms with van der Waals surface area (Å²) in [6.07, 6.45) is 2.96. The molecule has 1 aliphatic rings. The Labute approximate surface area is 203 Å². The van der Waals surface area contributed by atoms with Crippen molar-refractivity contribution in [3.63, 3.8) is 0 Å². The van der Waals surface area contributed by atoms with Crippen molar-refractivity contribution in [2.45, 2.75) is 73.5 Å². The van der Waals surface area contributed by atoms with E-state index in [1.165, 1.54) is 23.0 Å². The molecule has 1 amide bonds. The zero-order valence-electron chi connectivity index (χ0n) is 21.5. The van der Waals surface area contributed by atoms with E-state index in [1.54, 1.807) is 11.8 Å². The van der Waals surface area contributed by atoms with Gasteiger partial charge in [0.1, 0.15) is 6.26 Å². The summed E-state index contributed by atoms with van der Waals surface area (Å²) < 4.78 is 10.9. The molecule has 34 heavy (non-hydrogen) atoms. The molecule has 7 heteroatoms. The monoisotopic (exact) mass is 469 g/mol. The quantitative estimate of drug-likeness (QED) is 0.493. The van der Waals surface area contributed by atoms with E-state index in [2.05, 4.69) is 62.7 Å². The van der Waals surface area contributed by atoms with Crippen LogP contribution in [0.2, 0.25) is 0 Å². The molecule has 0 aliphatic carbocycles. The third kappa shape index (κ3) is 6.47. The Morgan fingerprint density at radius 3 is 2.68 bits per heavy atom. The van der Waals surface area contributed by atoms with Crippen LogP contribution in [0.15, 0.2) is 28.9 Å². The maximum atomic E-state index is 13.1. The first kappa shape index (κ1) is 25.9. The average molecular weight is 470 g/mol. The second-order valence-corrected chi connectivity index (χ2v) is 9.79. The number of piperidine rings is 1. The SMILES string of the molecule is CCOC(=O)[C@H]1CCCN(C(=O)c2coc(CN(Cc3ccc(C)cc3C)[C@H](C)C(C)C)n2)C1.